The number of benzene rings is 3. The van der Waals surface area contributed by atoms with E-state index in [4.69, 9.17) is 9.47 Å². The second-order valence-corrected chi connectivity index (χ2v) is 6.74. The van der Waals surface area contributed by atoms with E-state index in [0.717, 1.165) is 23.4 Å². The van der Waals surface area contributed by atoms with Crippen LogP contribution in [0.3, 0.4) is 0 Å². The number of carbonyl (C=O) groups excluding carboxylic acids is 1. The number of likely N-dealkylation sites (N-methyl/N-ethyl adjacent to an activating group) is 1. The monoisotopic (exact) mass is 389 g/mol. The minimum Gasteiger partial charge on any atom is -0.429 e. The lowest BCUT2D eigenvalue weighted by Gasteiger charge is -2.27. The van der Waals surface area contributed by atoms with Crippen LogP contribution in [-0.2, 0) is 4.74 Å². The van der Waals surface area contributed by atoms with Crippen molar-refractivity contribution >= 4 is 11.8 Å². The fourth-order valence-corrected chi connectivity index (χ4v) is 3.21. The molecule has 0 saturated heterocycles. The van der Waals surface area contributed by atoms with E-state index < -0.39 is 6.16 Å². The number of hydrogen-bond donors (Lipinski definition) is 0. The first kappa shape index (κ1) is 20.5. The molecule has 4 nitrogen and oxygen atoms in total. The molecule has 0 fully saturated rings. The van der Waals surface area contributed by atoms with Crippen molar-refractivity contribution in [3.8, 4) is 16.9 Å². The average molecular weight is 389 g/mol. The highest BCUT2D eigenvalue weighted by atomic mass is 16.7. The number of anilines is 1. The van der Waals surface area contributed by atoms with Gasteiger partial charge in [0.2, 0.25) is 0 Å². The molecule has 1 atom stereocenters. The van der Waals surface area contributed by atoms with Crippen molar-refractivity contribution in [3.63, 3.8) is 0 Å². The Bertz CT molecular complexity index is 896. The zero-order chi connectivity index (χ0) is 20.5. The summed E-state index contributed by atoms with van der Waals surface area (Å²) in [6.45, 7) is 5.55. The van der Waals surface area contributed by atoms with Crippen LogP contribution in [0, 0.1) is 0 Å². The van der Waals surface area contributed by atoms with Gasteiger partial charge in [0, 0.05) is 17.8 Å². The van der Waals surface area contributed by atoms with Crippen molar-refractivity contribution < 1.29 is 14.3 Å². The van der Waals surface area contributed by atoms with Gasteiger partial charge in [-0.25, -0.2) is 4.79 Å². The van der Waals surface area contributed by atoms with Crippen LogP contribution in [-0.4, -0.2) is 25.3 Å². The zero-order valence-electron chi connectivity index (χ0n) is 17.0. The van der Waals surface area contributed by atoms with E-state index in [-0.39, 0.29) is 6.10 Å². The molecule has 0 N–H and O–H groups in total. The van der Waals surface area contributed by atoms with Crippen molar-refractivity contribution in [1.29, 1.82) is 0 Å². The van der Waals surface area contributed by atoms with Crippen molar-refractivity contribution in [2.75, 3.05) is 18.0 Å². The number of para-hydroxylation sites is 2. The molecule has 0 radical (unpaired) electrons. The van der Waals surface area contributed by atoms with Crippen LogP contribution < -0.4 is 9.64 Å². The summed E-state index contributed by atoms with van der Waals surface area (Å²) >= 11 is 0. The summed E-state index contributed by atoms with van der Waals surface area (Å²) in [6.07, 6.45) is -0.227. The molecular formula is C25H27NO3. The molecule has 3 aromatic carbocycles. The lowest BCUT2D eigenvalue weighted by Crippen LogP contribution is -2.35. The van der Waals surface area contributed by atoms with Crippen molar-refractivity contribution in [2.45, 2.75) is 26.4 Å². The molecule has 29 heavy (non-hydrogen) atoms. The van der Waals surface area contributed by atoms with E-state index in [1.54, 1.807) is 6.07 Å². The molecule has 0 amide bonds. The van der Waals surface area contributed by atoms with E-state index in [2.05, 4.69) is 24.0 Å². The summed E-state index contributed by atoms with van der Waals surface area (Å²) in [7, 11) is 0. The Morgan fingerprint density at radius 1 is 0.862 bits per heavy atom. The van der Waals surface area contributed by atoms with Gasteiger partial charge in [-0.3, -0.25) is 0 Å². The van der Waals surface area contributed by atoms with Crippen LogP contribution in [0.2, 0.25) is 0 Å². The van der Waals surface area contributed by atoms with Gasteiger partial charge in [0.1, 0.15) is 11.9 Å². The third kappa shape index (κ3) is 5.61. The molecular weight excluding hydrogens is 362 g/mol. The molecule has 0 aliphatic carbocycles. The molecule has 4 heteroatoms. The van der Waals surface area contributed by atoms with Gasteiger partial charge in [0.15, 0.2) is 0 Å². The lowest BCUT2D eigenvalue weighted by molar-refractivity contribution is 0.0595. The molecule has 0 aliphatic rings. The van der Waals surface area contributed by atoms with Gasteiger partial charge in [-0.05, 0) is 37.1 Å². The normalized spacial score (nSPS) is 11.5. The number of hydrogen-bond acceptors (Lipinski definition) is 4. The van der Waals surface area contributed by atoms with E-state index in [9.17, 15) is 4.79 Å². The van der Waals surface area contributed by atoms with Gasteiger partial charge >= 0.3 is 6.16 Å². The summed E-state index contributed by atoms with van der Waals surface area (Å²) in [6, 6.07) is 27.5. The zero-order valence-corrected chi connectivity index (χ0v) is 17.0. The quantitative estimate of drug-likeness (QED) is 0.341. The van der Waals surface area contributed by atoms with Gasteiger partial charge in [-0.15, -0.1) is 0 Å². The van der Waals surface area contributed by atoms with Gasteiger partial charge in [0.05, 0.1) is 6.54 Å². The molecule has 0 aromatic heterocycles. The van der Waals surface area contributed by atoms with Crippen LogP contribution in [0.5, 0.6) is 5.75 Å². The molecule has 150 valence electrons. The van der Waals surface area contributed by atoms with E-state index >= 15 is 0 Å². The van der Waals surface area contributed by atoms with E-state index in [0.29, 0.717) is 18.7 Å². The molecule has 0 bridgehead atoms. The highest BCUT2D eigenvalue weighted by Crippen LogP contribution is 2.30. The van der Waals surface area contributed by atoms with E-state index in [1.807, 2.05) is 73.7 Å². The topological polar surface area (TPSA) is 38.8 Å². The minimum atomic E-state index is -0.677. The first-order valence-corrected chi connectivity index (χ1v) is 10.0. The smallest absolute Gasteiger partial charge is 0.429 e. The number of ether oxygens (including phenoxy) is 2. The van der Waals surface area contributed by atoms with Crippen molar-refractivity contribution in [1.82, 2.24) is 0 Å². The highest BCUT2D eigenvalue weighted by molar-refractivity contribution is 5.74. The minimum absolute atomic E-state index is 0.258. The summed E-state index contributed by atoms with van der Waals surface area (Å²) in [4.78, 5) is 14.7. The molecule has 0 aliphatic heterocycles. The van der Waals surface area contributed by atoms with Gasteiger partial charge < -0.3 is 14.4 Å². The van der Waals surface area contributed by atoms with Gasteiger partial charge in [-0.1, -0.05) is 73.7 Å². The van der Waals surface area contributed by atoms with Crippen LogP contribution in [0.25, 0.3) is 11.1 Å². The molecule has 0 heterocycles. The highest BCUT2D eigenvalue weighted by Gasteiger charge is 2.19. The van der Waals surface area contributed by atoms with Crippen molar-refractivity contribution in [2.24, 2.45) is 0 Å². The molecule has 3 aromatic rings. The Morgan fingerprint density at radius 2 is 1.48 bits per heavy atom. The van der Waals surface area contributed by atoms with Crippen molar-refractivity contribution in [3.05, 3.63) is 84.9 Å². The average Bonchev–Trinajstić information content (AvgIpc) is 2.78. The Morgan fingerprint density at radius 3 is 2.14 bits per heavy atom. The van der Waals surface area contributed by atoms with Crippen LogP contribution in [0.1, 0.15) is 20.3 Å². The fraction of sp³-hybridized carbons (Fsp3) is 0.240. The number of rotatable bonds is 8. The standard InChI is InChI=1S/C25H27NO3/c1-3-22(19-26(4-2)21-15-9-6-10-16-21)28-25(27)29-24-18-12-11-17-23(24)20-13-7-5-8-14-20/h5-18,22H,3-4,19H2,1-2H3. The van der Waals surface area contributed by atoms with Crippen LogP contribution in [0.4, 0.5) is 10.5 Å². The Balaban J connectivity index is 1.67. The summed E-state index contributed by atoms with van der Waals surface area (Å²) in [5, 5.41) is 0. The maximum absolute atomic E-state index is 12.5. The van der Waals surface area contributed by atoms with Crippen LogP contribution in [0.15, 0.2) is 84.9 Å². The first-order chi connectivity index (χ1) is 14.2. The number of nitrogens with zero attached hydrogens (tertiary/aromatic N) is 1. The SMILES string of the molecule is CCC(CN(CC)c1ccccc1)OC(=O)Oc1ccccc1-c1ccccc1. The van der Waals surface area contributed by atoms with Gasteiger partial charge in [0.25, 0.3) is 0 Å². The molecule has 0 spiro atoms. The first-order valence-electron chi connectivity index (χ1n) is 10.0. The Hall–Kier alpha value is -3.27. The maximum Gasteiger partial charge on any atom is 0.514 e. The summed E-state index contributed by atoms with van der Waals surface area (Å²) in [5.74, 6) is 0.494. The molecule has 0 saturated carbocycles. The second-order valence-electron chi connectivity index (χ2n) is 6.74. The predicted molar refractivity (Wildman–Crippen MR) is 117 cm³/mol. The summed E-state index contributed by atoms with van der Waals surface area (Å²) < 4.78 is 11.2. The van der Waals surface area contributed by atoms with E-state index in [1.165, 1.54) is 0 Å². The largest absolute Gasteiger partial charge is 0.514 e. The third-order valence-electron chi connectivity index (χ3n) is 4.81. The van der Waals surface area contributed by atoms with Gasteiger partial charge in [-0.2, -0.15) is 0 Å². The predicted octanol–water partition coefficient (Wildman–Crippen LogP) is 6.17. The number of carbonyl (C=O) groups is 1. The maximum atomic E-state index is 12.5. The van der Waals surface area contributed by atoms with Crippen LogP contribution >= 0.6 is 0 Å². The molecule has 1 unspecified atom stereocenters. The second kappa shape index (κ2) is 10.3. The fourth-order valence-electron chi connectivity index (χ4n) is 3.21. The Labute approximate surface area is 172 Å². The molecule has 3 rings (SSSR count). The Kier molecular flexibility index (Phi) is 7.28. The third-order valence-corrected chi connectivity index (χ3v) is 4.81. The lowest BCUT2D eigenvalue weighted by atomic mass is 10.1. The summed E-state index contributed by atoms with van der Waals surface area (Å²) in [5.41, 5.74) is 2.96.